The molecule has 1 nitrogen and oxygen atoms in total. The minimum Gasteiger partial charge on any atom is -0.305 e. The van der Waals surface area contributed by atoms with Gasteiger partial charge in [-0.25, -0.2) is 8.78 Å². The van der Waals surface area contributed by atoms with Crippen LogP contribution in [-0.4, -0.2) is 0 Å². The van der Waals surface area contributed by atoms with Gasteiger partial charge in [-0.05, 0) is 24.4 Å². The van der Waals surface area contributed by atoms with Crippen molar-refractivity contribution < 1.29 is 8.78 Å². The zero-order chi connectivity index (χ0) is 12.3. The fraction of sp³-hybridized carbons (Fsp3) is 0.231. The minimum absolute atomic E-state index is 0.166. The lowest BCUT2D eigenvalue weighted by atomic mass is 10.2. The summed E-state index contributed by atoms with van der Waals surface area (Å²) in [5.74, 6) is -1.05. The molecule has 1 aromatic heterocycles. The second-order valence-electron chi connectivity index (χ2n) is 3.85. The van der Waals surface area contributed by atoms with Crippen molar-refractivity contribution in [2.75, 3.05) is 0 Å². The van der Waals surface area contributed by atoms with Gasteiger partial charge in [0.05, 0.1) is 0 Å². The summed E-state index contributed by atoms with van der Waals surface area (Å²) in [6.45, 7) is 2.42. The van der Waals surface area contributed by atoms with E-state index in [-0.39, 0.29) is 6.04 Å². The van der Waals surface area contributed by atoms with Crippen molar-refractivity contribution in [1.29, 1.82) is 0 Å². The van der Waals surface area contributed by atoms with Gasteiger partial charge in [0.15, 0.2) is 0 Å². The number of benzene rings is 1. The summed E-state index contributed by atoms with van der Waals surface area (Å²) in [6, 6.07) is 7.83. The van der Waals surface area contributed by atoms with Gasteiger partial charge in [0.2, 0.25) is 0 Å². The highest BCUT2D eigenvalue weighted by atomic mass is 32.1. The second-order valence-corrected chi connectivity index (χ2v) is 4.83. The van der Waals surface area contributed by atoms with Crippen LogP contribution in [0.2, 0.25) is 0 Å². The van der Waals surface area contributed by atoms with E-state index in [2.05, 4.69) is 5.32 Å². The van der Waals surface area contributed by atoms with Crippen LogP contribution in [0, 0.1) is 11.6 Å². The number of thiophene rings is 1. The standard InChI is InChI=1S/C13H13F2NS/c1-9(13-3-2-6-17-13)16-8-10-4-5-11(14)7-12(10)15/h2-7,9,16H,8H2,1H3/t9-/m1/s1. The van der Waals surface area contributed by atoms with Gasteiger partial charge in [-0.15, -0.1) is 11.3 Å². The maximum absolute atomic E-state index is 13.4. The maximum atomic E-state index is 13.4. The third-order valence-electron chi connectivity index (χ3n) is 2.58. The van der Waals surface area contributed by atoms with Gasteiger partial charge in [-0.3, -0.25) is 0 Å². The number of nitrogens with one attached hydrogen (secondary N) is 1. The first-order valence-corrected chi connectivity index (χ1v) is 6.25. The van der Waals surface area contributed by atoms with Crippen LogP contribution < -0.4 is 5.32 Å². The second kappa shape index (κ2) is 5.38. The van der Waals surface area contributed by atoms with E-state index in [1.807, 2.05) is 24.4 Å². The van der Waals surface area contributed by atoms with Crippen molar-refractivity contribution in [2.45, 2.75) is 19.5 Å². The van der Waals surface area contributed by atoms with Gasteiger partial charge in [0.1, 0.15) is 11.6 Å². The maximum Gasteiger partial charge on any atom is 0.130 e. The van der Waals surface area contributed by atoms with Crippen molar-refractivity contribution in [2.24, 2.45) is 0 Å². The van der Waals surface area contributed by atoms with Gasteiger partial charge >= 0.3 is 0 Å². The van der Waals surface area contributed by atoms with Crippen LogP contribution in [-0.2, 0) is 6.54 Å². The van der Waals surface area contributed by atoms with Crippen molar-refractivity contribution in [3.63, 3.8) is 0 Å². The van der Waals surface area contributed by atoms with Gasteiger partial charge in [-0.2, -0.15) is 0 Å². The molecule has 1 atom stereocenters. The van der Waals surface area contributed by atoms with Crippen LogP contribution in [0.1, 0.15) is 23.4 Å². The molecule has 2 aromatic rings. The Labute approximate surface area is 103 Å². The number of hydrogen-bond donors (Lipinski definition) is 1. The number of rotatable bonds is 4. The van der Waals surface area contributed by atoms with Crippen molar-refractivity contribution >= 4 is 11.3 Å². The van der Waals surface area contributed by atoms with E-state index in [1.54, 1.807) is 11.3 Å². The molecule has 0 saturated heterocycles. The van der Waals surface area contributed by atoms with Crippen molar-refractivity contribution in [3.8, 4) is 0 Å². The zero-order valence-corrected chi connectivity index (χ0v) is 10.2. The van der Waals surface area contributed by atoms with Crippen molar-refractivity contribution in [3.05, 3.63) is 57.8 Å². The highest BCUT2D eigenvalue weighted by Gasteiger charge is 2.08. The van der Waals surface area contributed by atoms with Crippen LogP contribution in [0.25, 0.3) is 0 Å². The fourth-order valence-electron chi connectivity index (χ4n) is 1.57. The molecule has 0 amide bonds. The molecule has 0 aliphatic carbocycles. The van der Waals surface area contributed by atoms with Crippen molar-refractivity contribution in [1.82, 2.24) is 5.32 Å². The van der Waals surface area contributed by atoms with E-state index in [0.29, 0.717) is 12.1 Å². The molecule has 0 unspecified atom stereocenters. The molecule has 0 spiro atoms. The summed E-state index contributed by atoms with van der Waals surface area (Å²) in [6.07, 6.45) is 0. The first-order valence-electron chi connectivity index (χ1n) is 5.37. The van der Waals surface area contributed by atoms with E-state index in [1.165, 1.54) is 17.0 Å². The zero-order valence-electron chi connectivity index (χ0n) is 9.41. The lowest BCUT2D eigenvalue weighted by molar-refractivity contribution is 0.537. The SMILES string of the molecule is C[C@@H](NCc1ccc(F)cc1F)c1cccs1. The number of hydrogen-bond acceptors (Lipinski definition) is 2. The van der Waals surface area contributed by atoms with E-state index in [9.17, 15) is 8.78 Å². The molecule has 0 saturated carbocycles. The lowest BCUT2D eigenvalue weighted by Crippen LogP contribution is -2.17. The molecular formula is C13H13F2NS. The molecule has 0 bridgehead atoms. The Kier molecular flexibility index (Phi) is 3.86. The average Bonchev–Trinajstić information content (AvgIpc) is 2.81. The average molecular weight is 253 g/mol. The third kappa shape index (κ3) is 3.11. The first-order chi connectivity index (χ1) is 8.16. The Morgan fingerprint density at radius 2 is 2.12 bits per heavy atom. The molecule has 1 aromatic carbocycles. The molecule has 2 rings (SSSR count). The summed E-state index contributed by atoms with van der Waals surface area (Å²) in [4.78, 5) is 1.20. The molecule has 0 fully saturated rings. The summed E-state index contributed by atoms with van der Waals surface area (Å²) in [5, 5.41) is 5.22. The number of halogens is 2. The molecular weight excluding hydrogens is 240 g/mol. The molecule has 1 N–H and O–H groups in total. The lowest BCUT2D eigenvalue weighted by Gasteiger charge is -2.12. The fourth-order valence-corrected chi connectivity index (χ4v) is 2.33. The Hall–Kier alpha value is -1.26. The largest absolute Gasteiger partial charge is 0.305 e. The predicted octanol–water partition coefficient (Wildman–Crippen LogP) is 3.88. The summed E-state index contributed by atoms with van der Waals surface area (Å²) in [5.41, 5.74) is 0.481. The Bertz CT molecular complexity index is 482. The van der Waals surface area contributed by atoms with Crippen LogP contribution in [0.4, 0.5) is 8.78 Å². The van der Waals surface area contributed by atoms with Gasteiger partial charge in [-0.1, -0.05) is 12.1 Å². The highest BCUT2D eigenvalue weighted by Crippen LogP contribution is 2.19. The molecule has 0 aliphatic heterocycles. The molecule has 1 heterocycles. The molecule has 4 heteroatoms. The normalized spacial score (nSPS) is 12.6. The van der Waals surface area contributed by atoms with Gasteiger partial charge in [0.25, 0.3) is 0 Å². The van der Waals surface area contributed by atoms with E-state index in [4.69, 9.17) is 0 Å². The smallest absolute Gasteiger partial charge is 0.130 e. The summed E-state index contributed by atoms with van der Waals surface area (Å²) >= 11 is 1.66. The first kappa shape index (κ1) is 12.2. The van der Waals surface area contributed by atoms with Crippen LogP contribution in [0.5, 0.6) is 0 Å². The van der Waals surface area contributed by atoms with Crippen LogP contribution >= 0.6 is 11.3 Å². The molecule has 0 radical (unpaired) electrons. The summed E-state index contributed by atoms with van der Waals surface area (Å²) < 4.78 is 26.1. The Balaban J connectivity index is 1.98. The third-order valence-corrected chi connectivity index (χ3v) is 3.64. The molecule has 17 heavy (non-hydrogen) atoms. The Morgan fingerprint density at radius 3 is 2.76 bits per heavy atom. The van der Waals surface area contributed by atoms with E-state index >= 15 is 0 Å². The Morgan fingerprint density at radius 1 is 1.29 bits per heavy atom. The molecule has 90 valence electrons. The van der Waals surface area contributed by atoms with Gasteiger partial charge in [0, 0.05) is 29.1 Å². The van der Waals surface area contributed by atoms with Crippen LogP contribution in [0.3, 0.4) is 0 Å². The van der Waals surface area contributed by atoms with E-state index < -0.39 is 11.6 Å². The quantitative estimate of drug-likeness (QED) is 0.872. The highest BCUT2D eigenvalue weighted by molar-refractivity contribution is 7.10. The topological polar surface area (TPSA) is 12.0 Å². The minimum atomic E-state index is -0.544. The monoisotopic (exact) mass is 253 g/mol. The summed E-state index contributed by atoms with van der Waals surface area (Å²) in [7, 11) is 0. The van der Waals surface area contributed by atoms with E-state index in [0.717, 1.165) is 6.07 Å². The van der Waals surface area contributed by atoms with Gasteiger partial charge < -0.3 is 5.32 Å². The van der Waals surface area contributed by atoms with Crippen LogP contribution in [0.15, 0.2) is 35.7 Å². The predicted molar refractivity (Wildman–Crippen MR) is 65.9 cm³/mol. The molecule has 0 aliphatic rings.